The average molecular weight is 331 g/mol. The summed E-state index contributed by atoms with van der Waals surface area (Å²) in [7, 11) is 0. The van der Waals surface area contributed by atoms with Crippen molar-refractivity contribution in [2.24, 2.45) is 5.41 Å². The minimum absolute atomic E-state index is 0.0713. The predicted octanol–water partition coefficient (Wildman–Crippen LogP) is 2.07. The first-order valence-corrected chi connectivity index (χ1v) is 8.22. The average Bonchev–Trinajstić information content (AvgIpc) is 3.16. The highest BCUT2D eigenvalue weighted by molar-refractivity contribution is 7.13. The largest absolute Gasteiger partial charge is 0.481 e. The lowest BCUT2D eigenvalue weighted by Gasteiger charge is -2.19. The molecule has 1 amide bonds. The highest BCUT2D eigenvalue weighted by Crippen LogP contribution is 2.30. The first kappa shape index (κ1) is 15.6. The Bertz CT molecular complexity index is 731. The van der Waals surface area contributed by atoms with Gasteiger partial charge in [-0.05, 0) is 25.5 Å². The highest BCUT2D eigenvalue weighted by atomic mass is 32.1. The number of rotatable bonds is 4. The number of carboxylic acids is 1. The minimum atomic E-state index is -0.847. The number of thiazole rings is 1. The maximum absolute atomic E-state index is 12.4. The van der Waals surface area contributed by atoms with Crippen LogP contribution in [0.2, 0.25) is 0 Å². The van der Waals surface area contributed by atoms with Gasteiger partial charge in [-0.3, -0.25) is 14.6 Å². The Hall–Kier alpha value is -2.28. The van der Waals surface area contributed by atoms with Crippen LogP contribution in [0.25, 0.3) is 10.6 Å². The van der Waals surface area contributed by atoms with E-state index in [4.69, 9.17) is 0 Å². The third-order valence-corrected chi connectivity index (χ3v) is 5.08. The Labute approximate surface area is 137 Å². The summed E-state index contributed by atoms with van der Waals surface area (Å²) in [5.41, 5.74) is 0.803. The van der Waals surface area contributed by atoms with Gasteiger partial charge in [-0.2, -0.15) is 0 Å². The van der Waals surface area contributed by atoms with Gasteiger partial charge in [-0.15, -0.1) is 11.3 Å². The fourth-order valence-electron chi connectivity index (χ4n) is 2.63. The van der Waals surface area contributed by atoms with Gasteiger partial charge < -0.3 is 10.0 Å². The number of carbonyl (C=O) groups excluding carboxylic acids is 1. The molecular weight excluding hydrogens is 314 g/mol. The van der Waals surface area contributed by atoms with E-state index >= 15 is 0 Å². The van der Waals surface area contributed by atoms with Gasteiger partial charge in [0, 0.05) is 36.4 Å². The fraction of sp³-hybridized carbons (Fsp3) is 0.375. The fourth-order valence-corrected chi connectivity index (χ4v) is 3.44. The molecule has 6 nitrogen and oxygen atoms in total. The van der Waals surface area contributed by atoms with Gasteiger partial charge in [0.15, 0.2) is 0 Å². The SMILES string of the molecule is C[C@]1(C(=O)O)CCN(C(=O)Cc2csc(-c3cccnc3)n2)C1. The molecule has 0 saturated carbocycles. The van der Waals surface area contributed by atoms with Crippen LogP contribution in [-0.4, -0.2) is 44.9 Å². The van der Waals surface area contributed by atoms with Gasteiger partial charge in [0.2, 0.25) is 5.91 Å². The zero-order valence-electron chi connectivity index (χ0n) is 12.7. The van der Waals surface area contributed by atoms with Crippen LogP contribution in [0.1, 0.15) is 19.0 Å². The van der Waals surface area contributed by atoms with Crippen molar-refractivity contribution in [1.29, 1.82) is 0 Å². The first-order valence-electron chi connectivity index (χ1n) is 7.34. The number of aromatic nitrogens is 2. The molecule has 0 unspecified atom stereocenters. The topological polar surface area (TPSA) is 83.4 Å². The van der Waals surface area contributed by atoms with E-state index < -0.39 is 11.4 Å². The van der Waals surface area contributed by atoms with Crippen molar-refractivity contribution in [2.75, 3.05) is 13.1 Å². The summed E-state index contributed by atoms with van der Waals surface area (Å²) in [6, 6.07) is 3.77. The molecule has 0 spiro atoms. The van der Waals surface area contributed by atoms with Crippen LogP contribution in [0, 0.1) is 5.41 Å². The van der Waals surface area contributed by atoms with Crippen molar-refractivity contribution in [1.82, 2.24) is 14.9 Å². The van der Waals surface area contributed by atoms with Crippen molar-refractivity contribution in [3.63, 3.8) is 0 Å². The van der Waals surface area contributed by atoms with Crippen LogP contribution in [-0.2, 0) is 16.0 Å². The van der Waals surface area contributed by atoms with E-state index in [9.17, 15) is 14.7 Å². The summed E-state index contributed by atoms with van der Waals surface area (Å²) in [4.78, 5) is 33.8. The molecule has 2 aromatic rings. The van der Waals surface area contributed by atoms with E-state index in [-0.39, 0.29) is 18.9 Å². The third kappa shape index (κ3) is 3.24. The zero-order valence-corrected chi connectivity index (χ0v) is 13.5. The molecule has 0 aromatic carbocycles. The van der Waals surface area contributed by atoms with E-state index in [2.05, 4.69) is 9.97 Å². The molecule has 0 aliphatic carbocycles. The number of amides is 1. The molecule has 3 heterocycles. The smallest absolute Gasteiger partial charge is 0.311 e. The maximum Gasteiger partial charge on any atom is 0.311 e. The number of likely N-dealkylation sites (tertiary alicyclic amines) is 1. The van der Waals surface area contributed by atoms with Gasteiger partial charge in [0.1, 0.15) is 5.01 Å². The molecule has 1 saturated heterocycles. The number of hydrogen-bond acceptors (Lipinski definition) is 5. The summed E-state index contributed by atoms with van der Waals surface area (Å²) in [5.74, 6) is -0.918. The standard InChI is InChI=1S/C16H17N3O3S/c1-16(15(21)22)4-6-19(10-16)13(20)7-12-9-23-14(18-12)11-3-2-5-17-8-11/h2-3,5,8-9H,4,6-7,10H2,1H3,(H,21,22)/t16-/m0/s1. The Morgan fingerprint density at radius 1 is 1.48 bits per heavy atom. The second-order valence-corrected chi connectivity index (χ2v) is 6.85. The molecule has 3 rings (SSSR count). The van der Waals surface area contributed by atoms with Gasteiger partial charge in [-0.25, -0.2) is 4.98 Å². The van der Waals surface area contributed by atoms with Crippen LogP contribution in [0.3, 0.4) is 0 Å². The predicted molar refractivity (Wildman–Crippen MR) is 86.0 cm³/mol. The van der Waals surface area contributed by atoms with Crippen LogP contribution >= 0.6 is 11.3 Å². The Balaban J connectivity index is 1.66. The van der Waals surface area contributed by atoms with Crippen LogP contribution < -0.4 is 0 Å². The van der Waals surface area contributed by atoms with Crippen molar-refractivity contribution < 1.29 is 14.7 Å². The van der Waals surface area contributed by atoms with Crippen LogP contribution in [0.15, 0.2) is 29.9 Å². The molecule has 0 radical (unpaired) electrons. The van der Waals surface area contributed by atoms with Gasteiger partial charge in [0.25, 0.3) is 0 Å². The van der Waals surface area contributed by atoms with Crippen molar-refractivity contribution in [2.45, 2.75) is 19.8 Å². The van der Waals surface area contributed by atoms with Crippen molar-refractivity contribution in [3.8, 4) is 10.6 Å². The summed E-state index contributed by atoms with van der Waals surface area (Å²) >= 11 is 1.48. The van der Waals surface area contributed by atoms with Gasteiger partial charge in [0.05, 0.1) is 17.5 Å². The second kappa shape index (κ2) is 6.08. The third-order valence-electron chi connectivity index (χ3n) is 4.13. The molecule has 2 aromatic heterocycles. The molecule has 120 valence electrons. The summed E-state index contributed by atoms with van der Waals surface area (Å²) < 4.78 is 0. The molecule has 7 heteroatoms. The lowest BCUT2D eigenvalue weighted by Crippen LogP contribution is -2.35. The van der Waals surface area contributed by atoms with Gasteiger partial charge in [-0.1, -0.05) is 0 Å². The quantitative estimate of drug-likeness (QED) is 0.927. The van der Waals surface area contributed by atoms with E-state index in [0.717, 1.165) is 10.6 Å². The normalized spacial score (nSPS) is 20.7. The monoisotopic (exact) mass is 331 g/mol. The molecule has 23 heavy (non-hydrogen) atoms. The molecular formula is C16H17N3O3S. The lowest BCUT2D eigenvalue weighted by atomic mass is 9.90. The molecule has 1 fully saturated rings. The maximum atomic E-state index is 12.4. The number of aliphatic carboxylic acids is 1. The Kier molecular flexibility index (Phi) is 4.12. The van der Waals surface area contributed by atoms with E-state index in [1.54, 1.807) is 24.2 Å². The van der Waals surface area contributed by atoms with Crippen molar-refractivity contribution >= 4 is 23.2 Å². The molecule has 1 atom stereocenters. The van der Waals surface area contributed by atoms with Crippen LogP contribution in [0.5, 0.6) is 0 Å². The molecule has 1 N–H and O–H groups in total. The molecule has 0 bridgehead atoms. The number of hydrogen-bond donors (Lipinski definition) is 1. The zero-order chi connectivity index (χ0) is 16.4. The van der Waals surface area contributed by atoms with Gasteiger partial charge >= 0.3 is 5.97 Å². The minimum Gasteiger partial charge on any atom is -0.481 e. The number of nitrogens with zero attached hydrogens (tertiary/aromatic N) is 3. The summed E-state index contributed by atoms with van der Waals surface area (Å²) in [6.45, 7) is 2.44. The van der Waals surface area contributed by atoms with E-state index in [0.29, 0.717) is 18.7 Å². The molecule has 1 aliphatic heterocycles. The first-order chi connectivity index (χ1) is 11.0. The molecule has 1 aliphatic rings. The van der Waals surface area contributed by atoms with Crippen LogP contribution in [0.4, 0.5) is 0 Å². The highest BCUT2D eigenvalue weighted by Gasteiger charge is 2.42. The van der Waals surface area contributed by atoms with E-state index in [1.165, 1.54) is 11.3 Å². The van der Waals surface area contributed by atoms with E-state index in [1.807, 2.05) is 17.5 Å². The van der Waals surface area contributed by atoms with Crippen molar-refractivity contribution in [3.05, 3.63) is 35.6 Å². The number of carbonyl (C=O) groups is 2. The second-order valence-electron chi connectivity index (χ2n) is 5.99. The number of carboxylic acid groups (broad SMARTS) is 1. The number of pyridine rings is 1. The lowest BCUT2D eigenvalue weighted by molar-refractivity contribution is -0.147. The summed E-state index contributed by atoms with van der Waals surface area (Å²) in [5, 5.41) is 11.9. The summed E-state index contributed by atoms with van der Waals surface area (Å²) in [6.07, 6.45) is 4.14. The Morgan fingerprint density at radius 2 is 2.30 bits per heavy atom. The Morgan fingerprint density at radius 3 is 2.96 bits per heavy atom.